The second kappa shape index (κ2) is 5.59. The van der Waals surface area contributed by atoms with Gasteiger partial charge in [0.05, 0.1) is 6.54 Å². The number of carbonyl (C=O) groups excluding carboxylic acids is 1. The van der Waals surface area contributed by atoms with Crippen LogP contribution in [0.3, 0.4) is 0 Å². The van der Waals surface area contributed by atoms with Gasteiger partial charge in [-0.1, -0.05) is 24.9 Å². The molecular weight excluding hydrogens is 230 g/mol. The topological polar surface area (TPSA) is 78.9 Å². The maximum absolute atomic E-state index is 12.4. The van der Waals surface area contributed by atoms with E-state index in [0.29, 0.717) is 18.4 Å². The third kappa shape index (κ3) is 2.60. The van der Waals surface area contributed by atoms with Crippen LogP contribution in [-0.2, 0) is 4.79 Å². The second-order valence-electron chi connectivity index (χ2n) is 5.49. The summed E-state index contributed by atoms with van der Waals surface area (Å²) in [5, 5.41) is 11.6. The van der Waals surface area contributed by atoms with Gasteiger partial charge in [0.1, 0.15) is 0 Å². The van der Waals surface area contributed by atoms with Gasteiger partial charge in [-0.05, 0) is 31.1 Å². The van der Waals surface area contributed by atoms with E-state index in [4.69, 9.17) is 10.9 Å². The number of nitrogens with zero attached hydrogens (tertiary/aromatic N) is 2. The summed E-state index contributed by atoms with van der Waals surface area (Å²) in [5.41, 5.74) is 5.52. The van der Waals surface area contributed by atoms with Crippen LogP contribution in [0.15, 0.2) is 5.16 Å². The third-order valence-electron chi connectivity index (χ3n) is 4.23. The van der Waals surface area contributed by atoms with Gasteiger partial charge in [0.2, 0.25) is 5.91 Å². The highest BCUT2D eigenvalue weighted by Crippen LogP contribution is 2.56. The second-order valence-corrected chi connectivity index (χ2v) is 5.49. The lowest BCUT2D eigenvalue weighted by Crippen LogP contribution is -2.40. The predicted molar refractivity (Wildman–Crippen MR) is 69.2 cm³/mol. The van der Waals surface area contributed by atoms with Crippen LogP contribution in [-0.4, -0.2) is 34.9 Å². The van der Waals surface area contributed by atoms with Crippen molar-refractivity contribution in [1.29, 1.82) is 0 Å². The minimum absolute atomic E-state index is 0.112. The number of hydrogen-bond donors (Lipinski definition) is 2. The Morgan fingerprint density at radius 1 is 1.39 bits per heavy atom. The molecule has 0 saturated heterocycles. The zero-order valence-corrected chi connectivity index (χ0v) is 11.0. The van der Waals surface area contributed by atoms with Crippen LogP contribution in [0.2, 0.25) is 0 Å². The van der Waals surface area contributed by atoms with E-state index in [0.717, 1.165) is 6.42 Å². The standard InChI is InChI=1S/C13H23N3O2/c1-2-7-16(8-11(14)15-18)13(17)12-9-5-3-4-6-10(9)12/h9-10,12,18H,2-8H2,1H3,(H2,14,15). The SMILES string of the molecule is CCCN(CC(N)=NO)C(=O)C1C2CCCCC21. The number of amidine groups is 1. The molecule has 2 aliphatic carbocycles. The lowest BCUT2D eigenvalue weighted by molar-refractivity contribution is -0.132. The van der Waals surface area contributed by atoms with E-state index >= 15 is 0 Å². The number of rotatable bonds is 5. The Bertz CT molecular complexity index is 331. The molecule has 2 atom stereocenters. The molecule has 5 heteroatoms. The number of nitrogens with two attached hydrogens (primary N) is 1. The van der Waals surface area contributed by atoms with Gasteiger partial charge >= 0.3 is 0 Å². The summed E-state index contributed by atoms with van der Waals surface area (Å²) in [7, 11) is 0. The highest BCUT2D eigenvalue weighted by Gasteiger charge is 2.55. The zero-order chi connectivity index (χ0) is 13.1. The highest BCUT2D eigenvalue weighted by molar-refractivity contribution is 5.89. The van der Waals surface area contributed by atoms with Crippen LogP contribution in [0.1, 0.15) is 39.0 Å². The van der Waals surface area contributed by atoms with Gasteiger partial charge in [0.25, 0.3) is 0 Å². The molecule has 2 rings (SSSR count). The number of hydrogen-bond acceptors (Lipinski definition) is 3. The van der Waals surface area contributed by atoms with Crippen molar-refractivity contribution in [3.05, 3.63) is 0 Å². The molecule has 0 aromatic carbocycles. The number of oxime groups is 1. The van der Waals surface area contributed by atoms with Gasteiger partial charge in [-0.25, -0.2) is 0 Å². The van der Waals surface area contributed by atoms with Crippen molar-refractivity contribution in [2.45, 2.75) is 39.0 Å². The molecule has 0 radical (unpaired) electrons. The number of carbonyl (C=O) groups is 1. The first-order chi connectivity index (χ1) is 8.69. The van der Waals surface area contributed by atoms with Crippen molar-refractivity contribution < 1.29 is 10.0 Å². The van der Waals surface area contributed by atoms with Gasteiger partial charge in [0.15, 0.2) is 5.84 Å². The Kier molecular flexibility index (Phi) is 4.09. The van der Waals surface area contributed by atoms with Gasteiger partial charge < -0.3 is 15.8 Å². The Morgan fingerprint density at radius 3 is 2.50 bits per heavy atom. The van der Waals surface area contributed by atoms with E-state index in [2.05, 4.69) is 5.16 Å². The quantitative estimate of drug-likeness (QED) is 0.336. The van der Waals surface area contributed by atoms with E-state index in [1.807, 2.05) is 6.92 Å². The van der Waals surface area contributed by atoms with E-state index < -0.39 is 0 Å². The van der Waals surface area contributed by atoms with Gasteiger partial charge in [-0.2, -0.15) is 0 Å². The summed E-state index contributed by atoms with van der Waals surface area (Å²) in [6, 6.07) is 0. The average molecular weight is 253 g/mol. The Hall–Kier alpha value is -1.26. The molecule has 0 spiro atoms. The molecule has 2 aliphatic rings. The fourth-order valence-electron chi connectivity index (χ4n) is 3.33. The molecule has 3 N–H and O–H groups in total. The Morgan fingerprint density at radius 2 is 2.00 bits per heavy atom. The number of fused-ring (bicyclic) bond motifs is 1. The third-order valence-corrected chi connectivity index (χ3v) is 4.23. The van der Waals surface area contributed by atoms with Gasteiger partial charge in [-0.15, -0.1) is 0 Å². The summed E-state index contributed by atoms with van der Waals surface area (Å²) in [6.45, 7) is 2.97. The van der Waals surface area contributed by atoms with Crippen molar-refractivity contribution in [2.24, 2.45) is 28.6 Å². The fourth-order valence-corrected chi connectivity index (χ4v) is 3.33. The van der Waals surface area contributed by atoms with Crippen LogP contribution in [0.25, 0.3) is 0 Å². The molecular formula is C13H23N3O2. The summed E-state index contributed by atoms with van der Waals surface area (Å²) < 4.78 is 0. The van der Waals surface area contributed by atoms with E-state index in [1.54, 1.807) is 4.90 Å². The maximum Gasteiger partial charge on any atom is 0.226 e. The maximum atomic E-state index is 12.4. The molecule has 1 amide bonds. The van der Waals surface area contributed by atoms with E-state index in [-0.39, 0.29) is 24.2 Å². The van der Waals surface area contributed by atoms with Crippen molar-refractivity contribution >= 4 is 11.7 Å². The van der Waals surface area contributed by atoms with Crippen LogP contribution in [0, 0.1) is 17.8 Å². The molecule has 5 nitrogen and oxygen atoms in total. The Labute approximate surface area is 108 Å². The summed E-state index contributed by atoms with van der Waals surface area (Å²) >= 11 is 0. The van der Waals surface area contributed by atoms with E-state index in [1.165, 1.54) is 25.7 Å². The summed E-state index contributed by atoms with van der Waals surface area (Å²) in [5.74, 6) is 1.75. The monoisotopic (exact) mass is 253 g/mol. The molecule has 0 aromatic heterocycles. The van der Waals surface area contributed by atoms with Crippen LogP contribution in [0.5, 0.6) is 0 Å². The normalized spacial score (nSPS) is 30.7. The lowest BCUT2D eigenvalue weighted by Gasteiger charge is -2.21. The predicted octanol–water partition coefficient (Wildman–Crippen LogP) is 1.41. The fraction of sp³-hybridized carbons (Fsp3) is 0.846. The molecule has 0 heterocycles. The molecule has 0 aromatic rings. The molecule has 0 aliphatic heterocycles. The molecule has 2 fully saturated rings. The minimum atomic E-state index is 0.112. The zero-order valence-electron chi connectivity index (χ0n) is 11.0. The van der Waals surface area contributed by atoms with Crippen LogP contribution >= 0.6 is 0 Å². The Balaban J connectivity index is 1.96. The molecule has 0 bridgehead atoms. The number of amides is 1. The molecule has 2 unspecified atom stereocenters. The van der Waals surface area contributed by atoms with Crippen LogP contribution < -0.4 is 5.73 Å². The van der Waals surface area contributed by atoms with E-state index in [9.17, 15) is 4.79 Å². The van der Waals surface area contributed by atoms with Gasteiger partial charge in [0, 0.05) is 12.5 Å². The molecule has 18 heavy (non-hydrogen) atoms. The summed E-state index contributed by atoms with van der Waals surface area (Å²) in [4.78, 5) is 14.2. The highest BCUT2D eigenvalue weighted by atomic mass is 16.4. The van der Waals surface area contributed by atoms with Crippen molar-refractivity contribution in [2.75, 3.05) is 13.1 Å². The molecule has 2 saturated carbocycles. The van der Waals surface area contributed by atoms with Crippen molar-refractivity contribution in [1.82, 2.24) is 4.90 Å². The largest absolute Gasteiger partial charge is 0.409 e. The smallest absolute Gasteiger partial charge is 0.226 e. The first kappa shape index (κ1) is 13.2. The minimum Gasteiger partial charge on any atom is -0.409 e. The van der Waals surface area contributed by atoms with Crippen molar-refractivity contribution in [3.8, 4) is 0 Å². The first-order valence-electron chi connectivity index (χ1n) is 6.94. The summed E-state index contributed by atoms with van der Waals surface area (Å²) in [6.07, 6.45) is 5.82. The lowest BCUT2D eigenvalue weighted by atomic mass is 10.0. The molecule has 102 valence electrons. The average Bonchev–Trinajstić information content (AvgIpc) is 3.11. The van der Waals surface area contributed by atoms with Gasteiger partial charge in [-0.3, -0.25) is 4.79 Å². The van der Waals surface area contributed by atoms with Crippen LogP contribution in [0.4, 0.5) is 0 Å². The van der Waals surface area contributed by atoms with Crippen molar-refractivity contribution in [3.63, 3.8) is 0 Å². The first-order valence-corrected chi connectivity index (χ1v) is 6.94.